The van der Waals surface area contributed by atoms with Gasteiger partial charge in [0.1, 0.15) is 63.0 Å². The largest absolute Gasteiger partial charge is 0.451 e. The second kappa shape index (κ2) is 18.4. The number of fused-ring (bicyclic) bond motifs is 1. The zero-order chi connectivity index (χ0) is 50.8. The van der Waals surface area contributed by atoms with E-state index in [4.69, 9.17) is 4.74 Å². The number of rotatable bonds is 7. The summed E-state index contributed by atoms with van der Waals surface area (Å²) in [6.45, 7) is 6.32. The molecule has 1 aromatic heterocycles. The van der Waals surface area contributed by atoms with Gasteiger partial charge in [-0.2, -0.15) is 4.57 Å². The van der Waals surface area contributed by atoms with E-state index in [-0.39, 0.29) is 5.97 Å². The number of benzene rings is 6. The fraction of sp³-hybridized carbons (Fsp3) is 0.116. The molecular weight excluding hydrogens is 985 g/mol. The monoisotopic (exact) mass is 1010 g/mol. The van der Waals surface area contributed by atoms with Crippen LogP contribution in [-0.4, -0.2) is 17.7 Å². The van der Waals surface area contributed by atoms with E-state index in [0.717, 1.165) is 15.8 Å². The number of aromatic nitrogens is 1. The van der Waals surface area contributed by atoms with Gasteiger partial charge < -0.3 is 4.74 Å². The first-order chi connectivity index (χ1) is 31.6. The molecule has 0 aliphatic rings. The Kier molecular flexibility index (Phi) is 13.8. The summed E-state index contributed by atoms with van der Waals surface area (Å²) in [7, 11) is 0. The summed E-state index contributed by atoms with van der Waals surface area (Å²) < 4.78 is 303. The summed E-state index contributed by atoms with van der Waals surface area (Å²) >= 11 is 1.48. The Bertz CT molecular complexity index is 2810. The molecule has 0 spiro atoms. The van der Waals surface area contributed by atoms with Gasteiger partial charge in [-0.05, 0) is 26.8 Å². The van der Waals surface area contributed by atoms with Crippen LogP contribution in [0.2, 0.25) is 0 Å². The van der Waals surface area contributed by atoms with Gasteiger partial charge in [0.15, 0.2) is 76.4 Å². The lowest BCUT2D eigenvalue weighted by Gasteiger charge is -2.44. The molecule has 1 heterocycles. The minimum Gasteiger partial charge on any atom is -0.451 e. The first-order valence-corrected chi connectivity index (χ1v) is 19.4. The molecule has 0 aliphatic carbocycles. The summed E-state index contributed by atoms with van der Waals surface area (Å²) in [5.41, 5.74) is -12.6. The van der Waals surface area contributed by atoms with E-state index >= 15 is 35.1 Å². The normalized spacial score (nSPS) is 11.9. The standard InChI is InChI=1S/C24BF20.C19H20NO2S/c26-5-1(6(27)14(35)21(42)13(5)34)25(2-7(28)15(36)22(43)16(37)8(2)29,3-9(30)17(38)23(44)18(39)10(3)31)4-11(32)19(40)24(45)20(41)12(4)33;1-19(2,3)22-18(21)17-20(13-14-9-5-4-6-10-14)15-11-7-8-12-16(15)23-17/h;4-12H,13H2,1-3H3/q-1;+1. The van der Waals surface area contributed by atoms with Crippen LogP contribution in [0.15, 0.2) is 54.6 Å². The van der Waals surface area contributed by atoms with Crippen molar-refractivity contribution in [1.29, 1.82) is 0 Å². The molecule has 0 amide bonds. The van der Waals surface area contributed by atoms with Gasteiger partial charge in [0.2, 0.25) is 5.52 Å². The summed E-state index contributed by atoms with van der Waals surface area (Å²) in [5, 5.41) is 0.630. The molecule has 0 bridgehead atoms. The number of esters is 1. The molecule has 0 atom stereocenters. The average molecular weight is 1010 g/mol. The molecule has 7 rings (SSSR count). The first kappa shape index (κ1) is 50.8. The predicted molar refractivity (Wildman–Crippen MR) is 202 cm³/mol. The third-order valence-electron chi connectivity index (χ3n) is 10.1. The van der Waals surface area contributed by atoms with Crippen molar-refractivity contribution in [3.05, 3.63) is 182 Å². The lowest BCUT2D eigenvalue weighted by molar-refractivity contribution is -0.660. The Morgan fingerprint density at radius 1 is 0.441 bits per heavy atom. The van der Waals surface area contributed by atoms with E-state index < -0.39 is 150 Å². The van der Waals surface area contributed by atoms with Crippen molar-refractivity contribution in [3.63, 3.8) is 0 Å². The molecule has 25 heteroatoms. The first-order valence-electron chi connectivity index (χ1n) is 18.6. The highest BCUT2D eigenvalue weighted by Gasteiger charge is 2.52. The van der Waals surface area contributed by atoms with Crippen LogP contribution in [0.25, 0.3) is 10.2 Å². The maximum Gasteiger partial charge on any atom is 0.415 e. The Morgan fingerprint density at radius 2 is 0.721 bits per heavy atom. The Labute approximate surface area is 371 Å². The maximum atomic E-state index is 15.4. The van der Waals surface area contributed by atoms with Crippen molar-refractivity contribution in [1.82, 2.24) is 0 Å². The molecule has 358 valence electrons. The van der Waals surface area contributed by atoms with Crippen LogP contribution in [0.3, 0.4) is 0 Å². The van der Waals surface area contributed by atoms with Gasteiger partial charge >= 0.3 is 11.0 Å². The zero-order valence-electron chi connectivity index (χ0n) is 33.7. The summed E-state index contributed by atoms with van der Waals surface area (Å²) in [4.78, 5) is 12.6. The minimum atomic E-state index is -7.22. The van der Waals surface area contributed by atoms with Crippen LogP contribution < -0.4 is 26.4 Å². The van der Waals surface area contributed by atoms with Crippen molar-refractivity contribution in [2.24, 2.45) is 0 Å². The fourth-order valence-electron chi connectivity index (χ4n) is 7.31. The lowest BCUT2D eigenvalue weighted by atomic mass is 9.12. The average Bonchev–Trinajstić information content (AvgIpc) is 3.67. The van der Waals surface area contributed by atoms with E-state index in [2.05, 4.69) is 12.1 Å². The highest BCUT2D eigenvalue weighted by molar-refractivity contribution is 7.20. The molecular formula is C43H20BF20NO2S. The molecule has 0 fully saturated rings. The van der Waals surface area contributed by atoms with E-state index in [1.54, 1.807) is 0 Å². The van der Waals surface area contributed by atoms with Crippen LogP contribution in [0.5, 0.6) is 0 Å². The van der Waals surface area contributed by atoms with Crippen LogP contribution in [0.1, 0.15) is 36.1 Å². The fourth-order valence-corrected chi connectivity index (χ4v) is 8.34. The number of halogens is 20. The van der Waals surface area contributed by atoms with E-state index in [1.807, 2.05) is 67.8 Å². The number of nitrogens with zero attached hydrogens (tertiary/aromatic N) is 1. The summed E-state index contributed by atoms with van der Waals surface area (Å²) in [6.07, 6.45) is -7.22. The van der Waals surface area contributed by atoms with Gasteiger partial charge in [0.05, 0.1) is 0 Å². The highest BCUT2D eigenvalue weighted by atomic mass is 32.1. The second-order valence-electron chi connectivity index (χ2n) is 15.2. The molecule has 7 aromatic rings. The summed E-state index contributed by atoms with van der Waals surface area (Å²) in [6, 6.07) is 18.2. The number of ether oxygens (including phenoxy) is 1. The highest BCUT2D eigenvalue weighted by Crippen LogP contribution is 2.31. The van der Waals surface area contributed by atoms with Gasteiger partial charge in [0, 0.05) is 11.6 Å². The SMILES string of the molecule is CC(C)(C)OC(=O)c1sc2ccccc2[n+]1Cc1ccccc1.Fc1c(F)c(F)c([B-](c2c(F)c(F)c(F)c(F)c2F)(c2c(F)c(F)c(F)c(F)c2F)c2c(F)c(F)c(F)c(F)c2F)c(F)c1F. The minimum absolute atomic E-state index is 0.269. The topological polar surface area (TPSA) is 30.2 Å². The molecule has 0 N–H and O–H groups in total. The lowest BCUT2D eigenvalue weighted by Crippen LogP contribution is -2.81. The molecule has 0 saturated carbocycles. The number of carbonyl (C=O) groups is 1. The van der Waals surface area contributed by atoms with Gasteiger partial charge in [0.25, 0.3) is 0 Å². The maximum absolute atomic E-state index is 15.4. The number of thiazole rings is 1. The van der Waals surface area contributed by atoms with Crippen molar-refractivity contribution in [2.45, 2.75) is 32.9 Å². The van der Waals surface area contributed by atoms with Crippen LogP contribution in [0, 0.1) is 116 Å². The number of carbonyl (C=O) groups excluding carboxylic acids is 1. The smallest absolute Gasteiger partial charge is 0.415 e. The van der Waals surface area contributed by atoms with Crippen LogP contribution in [0.4, 0.5) is 87.8 Å². The summed E-state index contributed by atoms with van der Waals surface area (Å²) in [5.74, 6) is -71.7. The molecule has 6 aromatic carbocycles. The molecule has 0 radical (unpaired) electrons. The third kappa shape index (κ3) is 8.16. The number of hydrogen-bond donors (Lipinski definition) is 0. The molecule has 0 saturated heterocycles. The van der Waals surface area contributed by atoms with Crippen molar-refractivity contribution in [3.8, 4) is 0 Å². The second-order valence-corrected chi connectivity index (χ2v) is 16.3. The molecule has 0 aliphatic heterocycles. The van der Waals surface area contributed by atoms with Crippen molar-refractivity contribution in [2.75, 3.05) is 0 Å². The number of hydrogen-bond acceptors (Lipinski definition) is 3. The zero-order valence-corrected chi connectivity index (χ0v) is 34.5. The predicted octanol–water partition coefficient (Wildman–Crippen LogP) is 10.0. The van der Waals surface area contributed by atoms with E-state index in [9.17, 15) is 57.5 Å². The van der Waals surface area contributed by atoms with E-state index in [1.165, 1.54) is 11.3 Å². The van der Waals surface area contributed by atoms with Crippen LogP contribution >= 0.6 is 11.3 Å². The van der Waals surface area contributed by atoms with Gasteiger partial charge in [-0.1, -0.05) is 53.8 Å². The van der Waals surface area contributed by atoms with Gasteiger partial charge in [-0.25, -0.2) is 92.6 Å². The van der Waals surface area contributed by atoms with Crippen molar-refractivity contribution >= 4 is 55.5 Å². The van der Waals surface area contributed by atoms with Crippen molar-refractivity contribution < 1.29 is 102 Å². The van der Waals surface area contributed by atoms with Crippen LogP contribution in [-0.2, 0) is 11.3 Å². The van der Waals surface area contributed by atoms with E-state index in [0.29, 0.717) is 11.6 Å². The van der Waals surface area contributed by atoms with Gasteiger partial charge in [-0.3, -0.25) is 0 Å². The molecule has 0 unspecified atom stereocenters. The third-order valence-corrected chi connectivity index (χ3v) is 11.2. The Hall–Kier alpha value is -6.66. The quantitative estimate of drug-likeness (QED) is 0.0398. The molecule has 68 heavy (non-hydrogen) atoms. The molecule has 3 nitrogen and oxygen atoms in total. The number of para-hydroxylation sites is 1. The Morgan fingerprint density at radius 3 is 1.03 bits per heavy atom. The Balaban J connectivity index is 0.000000276. The van der Waals surface area contributed by atoms with Gasteiger partial charge in [-0.15, -0.1) is 21.9 Å².